The summed E-state index contributed by atoms with van der Waals surface area (Å²) in [4.78, 5) is 35.3. The van der Waals surface area contributed by atoms with Gasteiger partial charge in [0.05, 0.1) is 17.1 Å². The number of benzene rings is 1. The van der Waals surface area contributed by atoms with Crippen molar-refractivity contribution in [3.63, 3.8) is 0 Å². The summed E-state index contributed by atoms with van der Waals surface area (Å²) in [6, 6.07) is 7.57. The Kier molecular flexibility index (Phi) is 5.51. The second-order valence-electron chi connectivity index (χ2n) is 7.17. The fourth-order valence-electron chi connectivity index (χ4n) is 3.20. The molecule has 4 aromatic rings. The molecular formula is C22H21N5O3S. The molecule has 0 bridgehead atoms. The zero-order valence-electron chi connectivity index (χ0n) is 17.6. The summed E-state index contributed by atoms with van der Waals surface area (Å²) in [6.45, 7) is 7.24. The van der Waals surface area contributed by atoms with E-state index in [0.717, 1.165) is 16.8 Å². The quantitative estimate of drug-likeness (QED) is 0.438. The molecular weight excluding hydrogens is 414 g/mol. The Morgan fingerprint density at radius 2 is 2.00 bits per heavy atom. The van der Waals surface area contributed by atoms with Crippen LogP contribution in [0.2, 0.25) is 0 Å². The minimum Gasteiger partial charge on any atom is -0.455 e. The molecule has 9 heteroatoms. The first kappa shape index (κ1) is 20.7. The van der Waals surface area contributed by atoms with Crippen LogP contribution >= 0.6 is 11.3 Å². The number of hydrogen-bond donors (Lipinski definition) is 0. The Morgan fingerprint density at radius 1 is 1.19 bits per heavy atom. The van der Waals surface area contributed by atoms with Crippen LogP contribution in [0.4, 0.5) is 10.8 Å². The summed E-state index contributed by atoms with van der Waals surface area (Å²) < 4.78 is 7.01. The van der Waals surface area contributed by atoms with E-state index in [0.29, 0.717) is 27.7 Å². The number of anilines is 2. The monoisotopic (exact) mass is 435 g/mol. The molecule has 0 N–H and O–H groups in total. The van der Waals surface area contributed by atoms with E-state index in [2.05, 4.69) is 15.1 Å². The Labute approximate surface area is 183 Å². The molecule has 0 aliphatic heterocycles. The van der Waals surface area contributed by atoms with Crippen molar-refractivity contribution in [2.24, 2.45) is 0 Å². The lowest BCUT2D eigenvalue weighted by Gasteiger charge is -2.19. The number of rotatable bonds is 5. The van der Waals surface area contributed by atoms with Crippen LogP contribution in [0.5, 0.6) is 0 Å². The molecule has 1 amide bonds. The van der Waals surface area contributed by atoms with Crippen LogP contribution in [0.25, 0.3) is 5.65 Å². The van der Waals surface area contributed by atoms with Gasteiger partial charge in [0.25, 0.3) is 0 Å². The maximum absolute atomic E-state index is 12.6. The van der Waals surface area contributed by atoms with E-state index in [1.54, 1.807) is 40.2 Å². The largest absolute Gasteiger partial charge is 0.455 e. The van der Waals surface area contributed by atoms with Crippen LogP contribution in [-0.4, -0.2) is 31.5 Å². The number of hydrogen-bond acceptors (Lipinski definition) is 7. The standard InChI is InChI=1S/C22H21N5O3S/c1-13-6-7-18(10-14(13)2)27(16(4)28)22-24-17(12-31-22)11-30-21(29)19-15(3)25-26-9-5-8-23-20(19)26/h5-10,12H,11H2,1-4H3. The van der Waals surface area contributed by atoms with Gasteiger partial charge in [-0.05, 0) is 50.1 Å². The Balaban J connectivity index is 1.53. The van der Waals surface area contributed by atoms with E-state index in [1.165, 1.54) is 18.3 Å². The highest BCUT2D eigenvalue weighted by atomic mass is 32.1. The maximum Gasteiger partial charge on any atom is 0.344 e. The van der Waals surface area contributed by atoms with Crippen LogP contribution in [0, 0.1) is 20.8 Å². The second kappa shape index (κ2) is 8.27. The van der Waals surface area contributed by atoms with Crippen LogP contribution in [0.15, 0.2) is 42.0 Å². The van der Waals surface area contributed by atoms with Crippen molar-refractivity contribution >= 4 is 39.7 Å². The predicted octanol–water partition coefficient (Wildman–Crippen LogP) is 4.15. The molecule has 0 atom stereocenters. The van der Waals surface area contributed by atoms with Crippen LogP contribution in [0.1, 0.15) is 39.8 Å². The number of fused-ring (bicyclic) bond motifs is 1. The highest BCUT2D eigenvalue weighted by Crippen LogP contribution is 2.30. The van der Waals surface area contributed by atoms with E-state index < -0.39 is 5.97 Å². The minimum absolute atomic E-state index is 0.0163. The minimum atomic E-state index is -0.515. The number of ether oxygens (including phenoxy) is 1. The molecule has 3 heterocycles. The Hall–Kier alpha value is -3.59. The topological polar surface area (TPSA) is 89.7 Å². The molecule has 0 saturated heterocycles. The van der Waals surface area contributed by atoms with Gasteiger partial charge < -0.3 is 4.74 Å². The lowest BCUT2D eigenvalue weighted by atomic mass is 10.1. The van der Waals surface area contributed by atoms with Crippen molar-refractivity contribution in [3.05, 3.63) is 70.1 Å². The Bertz CT molecular complexity index is 1290. The van der Waals surface area contributed by atoms with Crippen molar-refractivity contribution in [1.29, 1.82) is 0 Å². The van der Waals surface area contributed by atoms with Gasteiger partial charge in [0, 0.05) is 24.7 Å². The number of amides is 1. The van der Waals surface area contributed by atoms with Crippen molar-refractivity contribution < 1.29 is 14.3 Å². The van der Waals surface area contributed by atoms with Crippen LogP contribution in [-0.2, 0) is 16.1 Å². The SMILES string of the molecule is CC(=O)N(c1ccc(C)c(C)c1)c1nc(COC(=O)c2c(C)nn3cccnc23)cs1. The van der Waals surface area contributed by atoms with Gasteiger partial charge >= 0.3 is 5.97 Å². The first-order valence-electron chi connectivity index (χ1n) is 9.64. The molecule has 158 valence electrons. The normalized spacial score (nSPS) is 11.0. The smallest absolute Gasteiger partial charge is 0.344 e. The molecule has 0 saturated carbocycles. The number of carbonyl (C=O) groups excluding carboxylic acids is 2. The van der Waals surface area contributed by atoms with E-state index >= 15 is 0 Å². The van der Waals surface area contributed by atoms with Crippen LogP contribution < -0.4 is 4.90 Å². The fraction of sp³-hybridized carbons (Fsp3) is 0.227. The number of aryl methyl sites for hydroxylation is 3. The zero-order valence-corrected chi connectivity index (χ0v) is 18.4. The summed E-state index contributed by atoms with van der Waals surface area (Å²) in [5.41, 5.74) is 4.87. The molecule has 1 aromatic carbocycles. The van der Waals surface area contributed by atoms with Crippen LogP contribution in [0.3, 0.4) is 0 Å². The summed E-state index contributed by atoms with van der Waals surface area (Å²) in [7, 11) is 0. The van der Waals surface area contributed by atoms with Crippen molar-refractivity contribution in [2.75, 3.05) is 4.90 Å². The molecule has 0 fully saturated rings. The number of thiazole rings is 1. The van der Waals surface area contributed by atoms with Gasteiger partial charge in [-0.15, -0.1) is 11.3 Å². The Morgan fingerprint density at radius 3 is 2.74 bits per heavy atom. The molecule has 3 aromatic heterocycles. The fourth-order valence-corrected chi connectivity index (χ4v) is 4.08. The number of aromatic nitrogens is 4. The summed E-state index contributed by atoms with van der Waals surface area (Å²) >= 11 is 1.32. The van der Waals surface area contributed by atoms with Gasteiger partial charge in [0.15, 0.2) is 10.8 Å². The predicted molar refractivity (Wildman–Crippen MR) is 118 cm³/mol. The molecule has 0 aliphatic carbocycles. The highest BCUT2D eigenvalue weighted by Gasteiger charge is 2.21. The molecule has 8 nitrogen and oxygen atoms in total. The highest BCUT2D eigenvalue weighted by molar-refractivity contribution is 7.14. The first-order chi connectivity index (χ1) is 14.8. The van der Waals surface area contributed by atoms with E-state index in [-0.39, 0.29) is 12.5 Å². The summed E-state index contributed by atoms with van der Waals surface area (Å²) in [6.07, 6.45) is 3.32. The second-order valence-corrected chi connectivity index (χ2v) is 8.01. The third kappa shape index (κ3) is 4.04. The zero-order chi connectivity index (χ0) is 22.1. The van der Waals surface area contributed by atoms with Gasteiger partial charge in [-0.3, -0.25) is 9.69 Å². The average molecular weight is 436 g/mol. The van der Waals surface area contributed by atoms with E-state index in [1.807, 2.05) is 32.0 Å². The number of carbonyl (C=O) groups is 2. The van der Waals surface area contributed by atoms with Gasteiger partial charge in [0.1, 0.15) is 12.2 Å². The van der Waals surface area contributed by atoms with Gasteiger partial charge in [-0.25, -0.2) is 19.3 Å². The van der Waals surface area contributed by atoms with Crippen molar-refractivity contribution in [1.82, 2.24) is 19.6 Å². The van der Waals surface area contributed by atoms with E-state index in [4.69, 9.17) is 4.74 Å². The number of nitrogens with zero attached hydrogens (tertiary/aromatic N) is 5. The van der Waals surface area contributed by atoms with Crippen molar-refractivity contribution in [3.8, 4) is 0 Å². The molecule has 0 spiro atoms. The molecule has 0 aliphatic rings. The third-order valence-electron chi connectivity index (χ3n) is 4.92. The summed E-state index contributed by atoms with van der Waals surface area (Å²) in [5, 5.41) is 6.58. The molecule has 0 radical (unpaired) electrons. The maximum atomic E-state index is 12.6. The lowest BCUT2D eigenvalue weighted by Crippen LogP contribution is -2.22. The molecule has 0 unspecified atom stereocenters. The molecule has 31 heavy (non-hydrogen) atoms. The van der Waals surface area contributed by atoms with Gasteiger partial charge in [-0.1, -0.05) is 6.07 Å². The summed E-state index contributed by atoms with van der Waals surface area (Å²) in [5.74, 6) is -0.660. The van der Waals surface area contributed by atoms with Gasteiger partial charge in [-0.2, -0.15) is 5.10 Å². The number of esters is 1. The lowest BCUT2D eigenvalue weighted by molar-refractivity contribution is -0.115. The molecule has 4 rings (SSSR count). The van der Waals surface area contributed by atoms with E-state index in [9.17, 15) is 9.59 Å². The third-order valence-corrected chi connectivity index (χ3v) is 5.79. The van der Waals surface area contributed by atoms with Crippen molar-refractivity contribution in [2.45, 2.75) is 34.3 Å². The average Bonchev–Trinajstić information content (AvgIpc) is 3.32. The van der Waals surface area contributed by atoms with Gasteiger partial charge in [0.2, 0.25) is 5.91 Å². The first-order valence-corrected chi connectivity index (χ1v) is 10.5.